The lowest BCUT2D eigenvalue weighted by atomic mass is 10.2. The molecule has 0 aliphatic heterocycles. The zero-order chi connectivity index (χ0) is 13.0. The van der Waals surface area contributed by atoms with E-state index in [-0.39, 0.29) is 17.2 Å². The monoisotopic (exact) mass is 243 g/mol. The molecule has 1 aromatic heterocycles. The third-order valence-electron chi connectivity index (χ3n) is 2.48. The standard InChI is InChI=1S/C13H13N3O2/c14-10-3-1-9(2-4-10)7-16-13(18)11-5-6-15-8-12(11)17/h1-6,8,17H,7,14H2,(H,16,18). The van der Waals surface area contributed by atoms with Gasteiger partial charge in [-0.2, -0.15) is 0 Å². The van der Waals surface area contributed by atoms with Crippen LogP contribution in [0.2, 0.25) is 0 Å². The van der Waals surface area contributed by atoms with Crippen molar-refractivity contribution in [1.82, 2.24) is 10.3 Å². The Morgan fingerprint density at radius 2 is 2.00 bits per heavy atom. The number of aromatic nitrogens is 1. The van der Waals surface area contributed by atoms with Crippen LogP contribution in [-0.4, -0.2) is 16.0 Å². The lowest BCUT2D eigenvalue weighted by molar-refractivity contribution is 0.0948. The molecule has 2 aromatic rings. The summed E-state index contributed by atoms with van der Waals surface area (Å²) in [5.41, 5.74) is 7.39. The molecule has 5 heteroatoms. The number of nitrogen functional groups attached to an aromatic ring is 1. The van der Waals surface area contributed by atoms with Crippen LogP contribution in [0.25, 0.3) is 0 Å². The van der Waals surface area contributed by atoms with Gasteiger partial charge in [0.1, 0.15) is 5.75 Å². The highest BCUT2D eigenvalue weighted by Crippen LogP contribution is 2.13. The van der Waals surface area contributed by atoms with Gasteiger partial charge in [0.25, 0.3) is 5.91 Å². The van der Waals surface area contributed by atoms with Gasteiger partial charge in [0.15, 0.2) is 0 Å². The molecular formula is C13H13N3O2. The van der Waals surface area contributed by atoms with E-state index in [9.17, 15) is 9.90 Å². The molecule has 18 heavy (non-hydrogen) atoms. The lowest BCUT2D eigenvalue weighted by Crippen LogP contribution is -2.22. The van der Waals surface area contributed by atoms with Crippen LogP contribution >= 0.6 is 0 Å². The number of hydrogen-bond donors (Lipinski definition) is 3. The number of anilines is 1. The minimum atomic E-state index is -0.341. The van der Waals surface area contributed by atoms with Crippen molar-refractivity contribution in [3.8, 4) is 5.75 Å². The van der Waals surface area contributed by atoms with Crippen molar-refractivity contribution in [3.05, 3.63) is 53.9 Å². The van der Waals surface area contributed by atoms with Crippen LogP contribution in [0.15, 0.2) is 42.7 Å². The minimum absolute atomic E-state index is 0.132. The van der Waals surface area contributed by atoms with Crippen LogP contribution in [-0.2, 0) is 6.54 Å². The van der Waals surface area contributed by atoms with E-state index in [0.29, 0.717) is 12.2 Å². The molecule has 0 radical (unpaired) electrons. The van der Waals surface area contributed by atoms with Gasteiger partial charge in [-0.3, -0.25) is 9.78 Å². The number of pyridine rings is 1. The third-order valence-corrected chi connectivity index (χ3v) is 2.48. The Morgan fingerprint density at radius 3 is 2.67 bits per heavy atom. The highest BCUT2D eigenvalue weighted by molar-refractivity contribution is 5.96. The molecule has 2 rings (SSSR count). The summed E-state index contributed by atoms with van der Waals surface area (Å²) < 4.78 is 0. The topological polar surface area (TPSA) is 88.2 Å². The van der Waals surface area contributed by atoms with E-state index < -0.39 is 0 Å². The molecule has 1 amide bonds. The lowest BCUT2D eigenvalue weighted by Gasteiger charge is -2.06. The van der Waals surface area contributed by atoms with Crippen LogP contribution in [0, 0.1) is 0 Å². The number of carbonyl (C=O) groups excluding carboxylic acids is 1. The second-order valence-electron chi connectivity index (χ2n) is 3.82. The molecule has 0 unspecified atom stereocenters. The molecule has 0 spiro atoms. The number of hydrogen-bond acceptors (Lipinski definition) is 4. The van der Waals surface area contributed by atoms with Gasteiger partial charge in [0, 0.05) is 18.4 Å². The Hall–Kier alpha value is -2.56. The fourth-order valence-electron chi connectivity index (χ4n) is 1.49. The van der Waals surface area contributed by atoms with E-state index in [0.717, 1.165) is 5.56 Å². The predicted molar refractivity (Wildman–Crippen MR) is 67.9 cm³/mol. The zero-order valence-electron chi connectivity index (χ0n) is 9.63. The third kappa shape index (κ3) is 2.76. The highest BCUT2D eigenvalue weighted by Gasteiger charge is 2.09. The van der Waals surface area contributed by atoms with Gasteiger partial charge in [-0.25, -0.2) is 0 Å². The van der Waals surface area contributed by atoms with Crippen molar-refractivity contribution in [2.45, 2.75) is 6.54 Å². The van der Waals surface area contributed by atoms with Crippen LogP contribution < -0.4 is 11.1 Å². The van der Waals surface area contributed by atoms with Crippen molar-refractivity contribution in [2.75, 3.05) is 5.73 Å². The van der Waals surface area contributed by atoms with E-state index in [1.165, 1.54) is 18.5 Å². The Kier molecular flexibility index (Phi) is 3.43. The van der Waals surface area contributed by atoms with Gasteiger partial charge < -0.3 is 16.2 Å². The van der Waals surface area contributed by atoms with Crippen molar-refractivity contribution in [3.63, 3.8) is 0 Å². The summed E-state index contributed by atoms with van der Waals surface area (Å²) >= 11 is 0. The summed E-state index contributed by atoms with van der Waals surface area (Å²) in [5, 5.41) is 12.2. The second kappa shape index (κ2) is 5.18. The van der Waals surface area contributed by atoms with Crippen molar-refractivity contribution < 1.29 is 9.90 Å². The number of carbonyl (C=O) groups is 1. The Bertz CT molecular complexity index is 552. The maximum Gasteiger partial charge on any atom is 0.255 e. The van der Waals surface area contributed by atoms with E-state index in [1.54, 1.807) is 12.1 Å². The van der Waals surface area contributed by atoms with E-state index >= 15 is 0 Å². The first-order chi connectivity index (χ1) is 8.66. The number of nitrogens with zero attached hydrogens (tertiary/aromatic N) is 1. The summed E-state index contributed by atoms with van der Waals surface area (Å²) in [6.45, 7) is 0.376. The normalized spacial score (nSPS) is 10.0. The van der Waals surface area contributed by atoms with Crippen LogP contribution in [0.4, 0.5) is 5.69 Å². The van der Waals surface area contributed by atoms with Crippen molar-refractivity contribution in [1.29, 1.82) is 0 Å². The number of aromatic hydroxyl groups is 1. The molecule has 1 aromatic carbocycles. The molecular weight excluding hydrogens is 230 g/mol. The number of rotatable bonds is 3. The Labute approximate surface area is 104 Å². The van der Waals surface area contributed by atoms with E-state index in [2.05, 4.69) is 10.3 Å². The Morgan fingerprint density at radius 1 is 1.28 bits per heavy atom. The first-order valence-electron chi connectivity index (χ1n) is 5.42. The number of amides is 1. The average molecular weight is 243 g/mol. The fraction of sp³-hybridized carbons (Fsp3) is 0.0769. The van der Waals surface area contributed by atoms with E-state index in [4.69, 9.17) is 5.73 Å². The highest BCUT2D eigenvalue weighted by atomic mass is 16.3. The van der Waals surface area contributed by atoms with Gasteiger partial charge in [-0.1, -0.05) is 12.1 Å². The van der Waals surface area contributed by atoms with Gasteiger partial charge in [0.2, 0.25) is 0 Å². The smallest absolute Gasteiger partial charge is 0.255 e. The molecule has 1 heterocycles. The summed E-state index contributed by atoms with van der Waals surface area (Å²) in [5.74, 6) is -0.473. The van der Waals surface area contributed by atoms with E-state index in [1.807, 2.05) is 12.1 Å². The second-order valence-corrected chi connectivity index (χ2v) is 3.82. The molecule has 5 nitrogen and oxygen atoms in total. The first-order valence-corrected chi connectivity index (χ1v) is 5.42. The average Bonchev–Trinajstić information content (AvgIpc) is 2.38. The van der Waals surface area contributed by atoms with Gasteiger partial charge >= 0.3 is 0 Å². The van der Waals surface area contributed by atoms with Gasteiger partial charge in [-0.05, 0) is 23.8 Å². The molecule has 0 saturated heterocycles. The van der Waals surface area contributed by atoms with Gasteiger partial charge in [-0.15, -0.1) is 0 Å². The number of benzene rings is 1. The van der Waals surface area contributed by atoms with Crippen LogP contribution in [0.3, 0.4) is 0 Å². The van der Waals surface area contributed by atoms with Crippen LogP contribution in [0.5, 0.6) is 5.75 Å². The SMILES string of the molecule is Nc1ccc(CNC(=O)c2ccncc2O)cc1. The number of nitrogens with one attached hydrogen (secondary N) is 1. The van der Waals surface area contributed by atoms with Gasteiger partial charge in [0.05, 0.1) is 11.8 Å². The zero-order valence-corrected chi connectivity index (χ0v) is 9.63. The largest absolute Gasteiger partial charge is 0.505 e. The molecule has 92 valence electrons. The molecule has 0 fully saturated rings. The summed E-state index contributed by atoms with van der Waals surface area (Å²) in [6.07, 6.45) is 2.69. The molecule has 0 atom stereocenters. The van der Waals surface area contributed by atoms with Crippen LogP contribution in [0.1, 0.15) is 15.9 Å². The predicted octanol–water partition coefficient (Wildman–Crippen LogP) is 1.30. The quantitative estimate of drug-likeness (QED) is 0.709. The summed E-state index contributed by atoms with van der Waals surface area (Å²) in [4.78, 5) is 15.5. The molecule has 0 bridgehead atoms. The minimum Gasteiger partial charge on any atom is -0.505 e. The maximum absolute atomic E-state index is 11.8. The molecule has 4 N–H and O–H groups in total. The Balaban J connectivity index is 2.01. The van der Waals surface area contributed by atoms with Crippen molar-refractivity contribution in [2.24, 2.45) is 0 Å². The molecule has 0 saturated carbocycles. The maximum atomic E-state index is 11.8. The molecule has 0 aliphatic carbocycles. The summed E-state index contributed by atoms with van der Waals surface area (Å²) in [7, 11) is 0. The summed E-state index contributed by atoms with van der Waals surface area (Å²) in [6, 6.07) is 8.68. The fourth-order valence-corrected chi connectivity index (χ4v) is 1.49. The molecule has 0 aliphatic rings. The number of nitrogens with two attached hydrogens (primary N) is 1. The van der Waals surface area contributed by atoms with Crippen molar-refractivity contribution >= 4 is 11.6 Å². The first kappa shape index (κ1) is 11.9.